The van der Waals surface area contributed by atoms with E-state index in [1.165, 1.54) is 9.13 Å². The van der Waals surface area contributed by atoms with Crippen LogP contribution in [-0.2, 0) is 17.9 Å². The zero-order valence-electron chi connectivity index (χ0n) is 19.1. The van der Waals surface area contributed by atoms with Crippen molar-refractivity contribution in [3.8, 4) is 0 Å². The molecule has 1 aliphatic heterocycles. The molecular formula is C27H25ClN4O3. The highest BCUT2D eigenvalue weighted by atomic mass is 35.5. The number of hydrogen-bond acceptors (Lipinski definition) is 4. The van der Waals surface area contributed by atoms with Crippen LogP contribution >= 0.6 is 11.6 Å². The van der Waals surface area contributed by atoms with E-state index in [1.54, 1.807) is 11.0 Å². The molecule has 1 saturated heterocycles. The third kappa shape index (κ3) is 4.72. The molecule has 1 fully saturated rings. The van der Waals surface area contributed by atoms with Crippen LogP contribution < -0.4 is 16.0 Å². The number of piperazine rings is 1. The van der Waals surface area contributed by atoms with Gasteiger partial charge >= 0.3 is 11.1 Å². The van der Waals surface area contributed by atoms with Crippen molar-refractivity contribution in [1.29, 1.82) is 0 Å². The number of aromatic nitrogens is 2. The van der Waals surface area contributed by atoms with Crippen LogP contribution in [0.5, 0.6) is 0 Å². The van der Waals surface area contributed by atoms with E-state index >= 15 is 0 Å². The number of amides is 1. The van der Waals surface area contributed by atoms with Gasteiger partial charge in [-0.05, 0) is 35.9 Å². The van der Waals surface area contributed by atoms with Crippen molar-refractivity contribution in [1.82, 2.24) is 14.0 Å². The number of para-hydroxylation sites is 2. The van der Waals surface area contributed by atoms with E-state index in [1.807, 2.05) is 72.8 Å². The molecule has 1 aliphatic rings. The molecule has 0 bridgehead atoms. The largest absolute Gasteiger partial charge is 0.368 e. The SMILES string of the molecule is O=C(Cn1c(=O)c(=O)n(Cc2ccccc2)c2ccccc21)N1CCN(c2cccc(Cl)c2)CC1. The first-order valence-corrected chi connectivity index (χ1v) is 11.9. The Morgan fingerprint density at radius 1 is 0.743 bits per heavy atom. The molecule has 1 aromatic heterocycles. The normalized spacial score (nSPS) is 13.9. The molecule has 1 amide bonds. The molecule has 0 atom stereocenters. The number of fused-ring (bicyclic) bond motifs is 1. The van der Waals surface area contributed by atoms with Gasteiger partial charge < -0.3 is 9.80 Å². The van der Waals surface area contributed by atoms with E-state index in [0.29, 0.717) is 42.2 Å². The second-order valence-electron chi connectivity index (χ2n) is 8.60. The summed E-state index contributed by atoms with van der Waals surface area (Å²) >= 11 is 6.11. The van der Waals surface area contributed by atoms with E-state index < -0.39 is 11.1 Å². The smallest absolute Gasteiger partial charge is 0.317 e. The van der Waals surface area contributed by atoms with Gasteiger partial charge in [0, 0.05) is 36.9 Å². The number of benzene rings is 3. The molecule has 4 aromatic rings. The van der Waals surface area contributed by atoms with Crippen molar-refractivity contribution in [2.24, 2.45) is 0 Å². The highest BCUT2D eigenvalue weighted by Gasteiger charge is 2.23. The lowest BCUT2D eigenvalue weighted by molar-refractivity contribution is -0.132. The maximum atomic E-state index is 13.2. The lowest BCUT2D eigenvalue weighted by Crippen LogP contribution is -2.51. The zero-order chi connectivity index (χ0) is 24.4. The standard InChI is InChI=1S/C27H25ClN4O3/c28-21-9-6-10-22(17-21)29-13-15-30(16-14-29)25(33)19-32-24-12-5-4-11-23(24)31(26(34)27(32)35)18-20-7-2-1-3-8-20/h1-12,17H,13-16,18-19H2. The molecule has 5 rings (SSSR count). The molecule has 0 N–H and O–H groups in total. The summed E-state index contributed by atoms with van der Waals surface area (Å²) in [5, 5.41) is 0.675. The summed E-state index contributed by atoms with van der Waals surface area (Å²) in [7, 11) is 0. The number of carbonyl (C=O) groups is 1. The minimum absolute atomic E-state index is 0.169. The number of hydrogen-bond donors (Lipinski definition) is 0. The van der Waals surface area contributed by atoms with Gasteiger partial charge in [-0.15, -0.1) is 0 Å². The van der Waals surface area contributed by atoms with Crippen molar-refractivity contribution < 1.29 is 4.79 Å². The van der Waals surface area contributed by atoms with Gasteiger partial charge in [-0.25, -0.2) is 0 Å². The van der Waals surface area contributed by atoms with Gasteiger partial charge in [0.2, 0.25) is 5.91 Å². The average Bonchev–Trinajstić information content (AvgIpc) is 2.89. The third-order valence-electron chi connectivity index (χ3n) is 6.42. The lowest BCUT2D eigenvalue weighted by atomic mass is 10.2. The Balaban J connectivity index is 1.38. The van der Waals surface area contributed by atoms with Gasteiger partial charge in [-0.1, -0.05) is 60.1 Å². The van der Waals surface area contributed by atoms with E-state index in [4.69, 9.17) is 11.6 Å². The number of halogens is 1. The predicted octanol–water partition coefficient (Wildman–Crippen LogP) is 3.21. The molecule has 35 heavy (non-hydrogen) atoms. The third-order valence-corrected chi connectivity index (χ3v) is 6.65. The first-order chi connectivity index (χ1) is 17.0. The molecule has 0 aliphatic carbocycles. The number of rotatable bonds is 5. The Morgan fingerprint density at radius 2 is 1.37 bits per heavy atom. The summed E-state index contributed by atoms with van der Waals surface area (Å²) in [5.41, 5.74) is 1.81. The Morgan fingerprint density at radius 3 is 2.06 bits per heavy atom. The fourth-order valence-corrected chi connectivity index (χ4v) is 4.76. The monoisotopic (exact) mass is 488 g/mol. The topological polar surface area (TPSA) is 67.5 Å². The van der Waals surface area contributed by atoms with Crippen molar-refractivity contribution in [3.05, 3.63) is 110 Å². The molecular weight excluding hydrogens is 464 g/mol. The highest BCUT2D eigenvalue weighted by molar-refractivity contribution is 6.30. The minimum atomic E-state index is -0.689. The van der Waals surface area contributed by atoms with Gasteiger partial charge in [-0.3, -0.25) is 23.5 Å². The van der Waals surface area contributed by atoms with Crippen LogP contribution in [0.4, 0.5) is 5.69 Å². The van der Waals surface area contributed by atoms with E-state index in [9.17, 15) is 14.4 Å². The van der Waals surface area contributed by atoms with Gasteiger partial charge in [0.15, 0.2) is 0 Å². The van der Waals surface area contributed by atoms with Crippen LogP contribution in [0.15, 0.2) is 88.5 Å². The Hall–Kier alpha value is -3.84. The summed E-state index contributed by atoms with van der Waals surface area (Å²) in [6.07, 6.45) is 0. The Bertz CT molecular complexity index is 1490. The van der Waals surface area contributed by atoms with Crippen LogP contribution in [0.25, 0.3) is 11.0 Å². The fraction of sp³-hybridized carbons (Fsp3) is 0.222. The molecule has 2 heterocycles. The number of carbonyl (C=O) groups excluding carboxylic acids is 1. The van der Waals surface area contributed by atoms with Gasteiger partial charge in [-0.2, -0.15) is 0 Å². The van der Waals surface area contributed by atoms with Gasteiger partial charge in [0.1, 0.15) is 6.54 Å². The highest BCUT2D eigenvalue weighted by Crippen LogP contribution is 2.21. The molecule has 0 unspecified atom stereocenters. The first kappa shape index (κ1) is 22.9. The number of anilines is 1. The summed E-state index contributed by atoms with van der Waals surface area (Å²) in [6, 6.07) is 24.4. The van der Waals surface area contributed by atoms with Crippen molar-refractivity contribution >= 4 is 34.2 Å². The molecule has 0 radical (unpaired) electrons. The fourth-order valence-electron chi connectivity index (χ4n) is 4.57. The lowest BCUT2D eigenvalue weighted by Gasteiger charge is -2.36. The summed E-state index contributed by atoms with van der Waals surface area (Å²) in [5.74, 6) is -0.178. The second-order valence-corrected chi connectivity index (χ2v) is 9.04. The van der Waals surface area contributed by atoms with Crippen molar-refractivity contribution in [2.45, 2.75) is 13.1 Å². The van der Waals surface area contributed by atoms with Gasteiger partial charge in [0.05, 0.1) is 17.6 Å². The van der Waals surface area contributed by atoms with Gasteiger partial charge in [0.25, 0.3) is 0 Å². The minimum Gasteiger partial charge on any atom is -0.368 e. The van der Waals surface area contributed by atoms with E-state index in [0.717, 1.165) is 11.3 Å². The second kappa shape index (κ2) is 9.80. The average molecular weight is 489 g/mol. The Labute approximate surface area is 207 Å². The van der Waals surface area contributed by atoms with Crippen LogP contribution in [0.2, 0.25) is 5.02 Å². The van der Waals surface area contributed by atoms with Crippen LogP contribution in [0.3, 0.4) is 0 Å². The molecule has 178 valence electrons. The molecule has 0 spiro atoms. The van der Waals surface area contributed by atoms with Crippen LogP contribution in [-0.4, -0.2) is 46.1 Å². The first-order valence-electron chi connectivity index (χ1n) is 11.6. The van der Waals surface area contributed by atoms with Crippen molar-refractivity contribution in [2.75, 3.05) is 31.1 Å². The summed E-state index contributed by atoms with van der Waals surface area (Å²) in [4.78, 5) is 43.3. The van der Waals surface area contributed by atoms with Crippen LogP contribution in [0.1, 0.15) is 5.56 Å². The maximum absolute atomic E-state index is 13.2. The Kier molecular flexibility index (Phi) is 6.42. The van der Waals surface area contributed by atoms with Crippen LogP contribution in [0, 0.1) is 0 Å². The molecule has 3 aromatic carbocycles. The molecule has 8 heteroatoms. The van der Waals surface area contributed by atoms with Crippen molar-refractivity contribution in [3.63, 3.8) is 0 Å². The van der Waals surface area contributed by atoms with E-state index in [-0.39, 0.29) is 19.0 Å². The molecule has 0 saturated carbocycles. The number of nitrogens with zero attached hydrogens (tertiary/aromatic N) is 4. The zero-order valence-corrected chi connectivity index (χ0v) is 19.9. The predicted molar refractivity (Wildman–Crippen MR) is 138 cm³/mol. The quantitative estimate of drug-likeness (QED) is 0.405. The summed E-state index contributed by atoms with van der Waals surface area (Å²) < 4.78 is 2.79. The molecule has 7 nitrogen and oxygen atoms in total. The van der Waals surface area contributed by atoms with E-state index in [2.05, 4.69) is 4.90 Å². The summed E-state index contributed by atoms with van der Waals surface area (Å²) in [6.45, 7) is 2.51. The maximum Gasteiger partial charge on any atom is 0.317 e.